The lowest BCUT2D eigenvalue weighted by molar-refractivity contribution is 0.529. The molecular weight excluding hydrogens is 352 g/mol. The van der Waals surface area contributed by atoms with Crippen LogP contribution in [0.2, 0.25) is 0 Å². The first-order valence-electron chi connectivity index (χ1n) is 10.6. The third-order valence-corrected chi connectivity index (χ3v) is 6.14. The maximum atomic E-state index is 2.58. The number of hydrogen-bond acceptors (Lipinski definition) is 2. The SMILES string of the molecule is CC(C)N1c2ccccc2N(C(C)C)C1c1cccc2cc3ccccc3cc12. The summed E-state index contributed by atoms with van der Waals surface area (Å²) in [4.78, 5) is 5.17. The van der Waals surface area contributed by atoms with Crippen molar-refractivity contribution in [2.45, 2.75) is 45.9 Å². The summed E-state index contributed by atoms with van der Waals surface area (Å²) in [6, 6.07) is 29.8. The number of hydrogen-bond donors (Lipinski definition) is 0. The highest BCUT2D eigenvalue weighted by atomic mass is 15.4. The van der Waals surface area contributed by atoms with Crippen LogP contribution in [-0.2, 0) is 0 Å². The summed E-state index contributed by atoms with van der Waals surface area (Å²) >= 11 is 0. The Morgan fingerprint density at radius 2 is 1.10 bits per heavy atom. The van der Waals surface area contributed by atoms with Crippen LogP contribution >= 0.6 is 0 Å². The second-order valence-electron chi connectivity index (χ2n) is 8.63. The van der Waals surface area contributed by atoms with Gasteiger partial charge in [-0.25, -0.2) is 0 Å². The van der Waals surface area contributed by atoms with Gasteiger partial charge in [0.15, 0.2) is 0 Å². The Balaban J connectivity index is 1.79. The van der Waals surface area contributed by atoms with Gasteiger partial charge in [-0.2, -0.15) is 0 Å². The average molecular weight is 381 g/mol. The van der Waals surface area contributed by atoms with Crippen LogP contribution in [0.1, 0.15) is 39.4 Å². The summed E-state index contributed by atoms with van der Waals surface area (Å²) in [5.41, 5.74) is 4.05. The summed E-state index contributed by atoms with van der Waals surface area (Å²) in [6.45, 7) is 9.20. The molecule has 5 rings (SSSR count). The molecule has 4 aromatic carbocycles. The number of anilines is 2. The summed E-state index contributed by atoms with van der Waals surface area (Å²) in [5.74, 6) is 0. The molecule has 0 unspecified atom stereocenters. The van der Waals surface area contributed by atoms with Gasteiger partial charge >= 0.3 is 0 Å². The van der Waals surface area contributed by atoms with Crippen LogP contribution in [0.15, 0.2) is 78.9 Å². The molecule has 0 saturated carbocycles. The van der Waals surface area contributed by atoms with Gasteiger partial charge in [-0.15, -0.1) is 0 Å². The summed E-state index contributed by atoms with van der Waals surface area (Å²) in [6.07, 6.45) is 0.192. The van der Waals surface area contributed by atoms with Crippen LogP contribution in [0.25, 0.3) is 21.5 Å². The Bertz CT molecular complexity index is 1160. The van der Waals surface area contributed by atoms with E-state index in [0.717, 1.165) is 0 Å². The maximum absolute atomic E-state index is 2.58. The monoisotopic (exact) mass is 380 g/mol. The summed E-state index contributed by atoms with van der Waals surface area (Å²) < 4.78 is 0. The van der Waals surface area contributed by atoms with Gasteiger partial charge in [0, 0.05) is 17.6 Å². The fourth-order valence-electron chi connectivity index (χ4n) is 4.94. The van der Waals surface area contributed by atoms with Gasteiger partial charge in [-0.3, -0.25) is 0 Å². The lowest BCUT2D eigenvalue weighted by Gasteiger charge is -2.38. The molecule has 146 valence electrons. The fourth-order valence-corrected chi connectivity index (χ4v) is 4.94. The van der Waals surface area contributed by atoms with E-state index in [0.29, 0.717) is 12.1 Å². The molecule has 0 radical (unpaired) electrons. The molecule has 0 amide bonds. The van der Waals surface area contributed by atoms with E-state index < -0.39 is 0 Å². The van der Waals surface area contributed by atoms with E-state index in [1.54, 1.807) is 0 Å². The lowest BCUT2D eigenvalue weighted by atomic mass is 9.97. The van der Waals surface area contributed by atoms with Gasteiger partial charge in [0.1, 0.15) is 6.17 Å². The normalized spacial score (nSPS) is 14.6. The average Bonchev–Trinajstić information content (AvgIpc) is 3.07. The molecule has 0 bridgehead atoms. The largest absolute Gasteiger partial charge is 0.343 e. The predicted octanol–water partition coefficient (Wildman–Crippen LogP) is 7.14. The lowest BCUT2D eigenvalue weighted by Crippen LogP contribution is -2.42. The van der Waals surface area contributed by atoms with Gasteiger partial charge in [-0.1, -0.05) is 54.6 Å². The first-order valence-corrected chi connectivity index (χ1v) is 10.6. The molecule has 0 atom stereocenters. The van der Waals surface area contributed by atoms with Crippen LogP contribution in [0.3, 0.4) is 0 Å². The van der Waals surface area contributed by atoms with E-state index in [4.69, 9.17) is 0 Å². The highest BCUT2D eigenvalue weighted by Gasteiger charge is 2.39. The van der Waals surface area contributed by atoms with Gasteiger partial charge in [-0.05, 0) is 73.5 Å². The first kappa shape index (κ1) is 18.1. The Labute approximate surface area is 173 Å². The fraction of sp³-hybridized carbons (Fsp3) is 0.259. The Hall–Kier alpha value is -3.00. The van der Waals surface area contributed by atoms with E-state index in [9.17, 15) is 0 Å². The second-order valence-corrected chi connectivity index (χ2v) is 8.63. The molecule has 0 aliphatic carbocycles. The van der Waals surface area contributed by atoms with Crippen LogP contribution in [-0.4, -0.2) is 12.1 Å². The highest BCUT2D eigenvalue weighted by Crippen LogP contribution is 2.49. The van der Waals surface area contributed by atoms with Crippen molar-refractivity contribution in [1.82, 2.24) is 0 Å². The molecule has 2 heteroatoms. The van der Waals surface area contributed by atoms with E-state index in [1.165, 1.54) is 38.5 Å². The third kappa shape index (κ3) is 2.78. The molecule has 0 saturated heterocycles. The molecule has 0 N–H and O–H groups in total. The number of nitrogens with zero attached hydrogens (tertiary/aromatic N) is 2. The van der Waals surface area contributed by atoms with Crippen molar-refractivity contribution in [2.24, 2.45) is 0 Å². The van der Waals surface area contributed by atoms with Crippen molar-refractivity contribution >= 4 is 32.9 Å². The molecule has 4 aromatic rings. The standard InChI is InChI=1S/C27H28N2/c1-18(2)28-25-14-7-8-15-26(25)29(19(3)4)27(28)23-13-9-12-22-16-20-10-5-6-11-21(20)17-24(22)23/h5-19,27H,1-4H3. The zero-order valence-corrected chi connectivity index (χ0v) is 17.6. The molecule has 2 nitrogen and oxygen atoms in total. The van der Waals surface area contributed by atoms with Crippen LogP contribution < -0.4 is 9.80 Å². The minimum absolute atomic E-state index is 0.192. The maximum Gasteiger partial charge on any atom is 0.129 e. The topological polar surface area (TPSA) is 6.48 Å². The molecule has 29 heavy (non-hydrogen) atoms. The van der Waals surface area contributed by atoms with E-state index >= 15 is 0 Å². The Morgan fingerprint density at radius 1 is 0.586 bits per heavy atom. The first-order chi connectivity index (χ1) is 14.1. The molecule has 1 aliphatic rings. The van der Waals surface area contributed by atoms with Crippen molar-refractivity contribution in [2.75, 3.05) is 9.80 Å². The van der Waals surface area contributed by atoms with Crippen molar-refractivity contribution < 1.29 is 0 Å². The van der Waals surface area contributed by atoms with Gasteiger partial charge in [0.25, 0.3) is 0 Å². The zero-order valence-electron chi connectivity index (χ0n) is 17.6. The number of rotatable bonds is 3. The quantitative estimate of drug-likeness (QED) is 0.349. The van der Waals surface area contributed by atoms with Gasteiger partial charge in [0.05, 0.1) is 11.4 Å². The van der Waals surface area contributed by atoms with Crippen molar-refractivity contribution in [1.29, 1.82) is 0 Å². The molecule has 1 heterocycles. The Kier molecular flexibility index (Phi) is 4.24. The van der Waals surface area contributed by atoms with E-state index in [-0.39, 0.29) is 6.17 Å². The van der Waals surface area contributed by atoms with Crippen LogP contribution in [0.5, 0.6) is 0 Å². The van der Waals surface area contributed by atoms with Crippen molar-refractivity contribution in [3.8, 4) is 0 Å². The third-order valence-electron chi connectivity index (χ3n) is 6.14. The van der Waals surface area contributed by atoms with Gasteiger partial charge < -0.3 is 9.80 Å². The molecule has 0 spiro atoms. The minimum Gasteiger partial charge on any atom is -0.343 e. The van der Waals surface area contributed by atoms with Crippen LogP contribution in [0.4, 0.5) is 11.4 Å². The number of fused-ring (bicyclic) bond motifs is 3. The molecule has 1 aliphatic heterocycles. The summed E-state index contributed by atoms with van der Waals surface area (Å²) in [5, 5.41) is 5.26. The molecule has 0 aromatic heterocycles. The van der Waals surface area contributed by atoms with Gasteiger partial charge in [0.2, 0.25) is 0 Å². The number of para-hydroxylation sites is 2. The van der Waals surface area contributed by atoms with Crippen molar-refractivity contribution in [3.63, 3.8) is 0 Å². The predicted molar refractivity (Wildman–Crippen MR) is 126 cm³/mol. The molecular formula is C27H28N2. The van der Waals surface area contributed by atoms with E-state index in [1.807, 2.05) is 0 Å². The number of benzene rings is 4. The second kappa shape index (κ2) is 6.81. The van der Waals surface area contributed by atoms with Crippen LogP contribution in [0, 0.1) is 0 Å². The van der Waals surface area contributed by atoms with Crippen molar-refractivity contribution in [3.05, 3.63) is 84.4 Å². The molecule has 0 fully saturated rings. The highest BCUT2D eigenvalue weighted by molar-refractivity contribution is 6.00. The van der Waals surface area contributed by atoms with E-state index in [2.05, 4.69) is 116 Å². The Morgan fingerprint density at radius 3 is 1.69 bits per heavy atom. The smallest absolute Gasteiger partial charge is 0.129 e. The zero-order chi connectivity index (χ0) is 20.1. The minimum atomic E-state index is 0.192. The summed E-state index contributed by atoms with van der Waals surface area (Å²) in [7, 11) is 0.